The monoisotopic (exact) mass is 291 g/mol. The fourth-order valence-corrected chi connectivity index (χ4v) is 2.09. The molecule has 4 nitrogen and oxygen atoms in total. The van der Waals surface area contributed by atoms with Crippen molar-refractivity contribution < 1.29 is 14.3 Å². The summed E-state index contributed by atoms with van der Waals surface area (Å²) in [6, 6.07) is 6.44. The number of Topliss-reactive ketones (excluding diaryl/α,β-unsaturated/α-hetero) is 1. The Bertz CT molecular complexity index is 465. The molecule has 0 saturated heterocycles. The molecule has 0 bridgehead atoms. The van der Waals surface area contributed by atoms with Crippen LogP contribution >= 0.6 is 0 Å². The molecular formula is C17H25NO3. The van der Waals surface area contributed by atoms with Gasteiger partial charge in [0.2, 0.25) is 0 Å². The number of unbranched alkanes of at least 4 members (excludes halogenated alkanes) is 1. The summed E-state index contributed by atoms with van der Waals surface area (Å²) < 4.78 is 5.06. The molecule has 0 aliphatic heterocycles. The lowest BCUT2D eigenvalue weighted by atomic mass is 9.96. The maximum absolute atomic E-state index is 12.2. The third kappa shape index (κ3) is 5.21. The van der Waals surface area contributed by atoms with Crippen LogP contribution in [0.5, 0.6) is 5.75 Å². The Morgan fingerprint density at radius 2 is 1.81 bits per heavy atom. The van der Waals surface area contributed by atoms with Crippen molar-refractivity contribution in [2.45, 2.75) is 46.1 Å². The van der Waals surface area contributed by atoms with E-state index in [0.717, 1.165) is 12.8 Å². The van der Waals surface area contributed by atoms with Crippen molar-refractivity contribution in [3.63, 3.8) is 0 Å². The molecule has 1 aromatic rings. The summed E-state index contributed by atoms with van der Waals surface area (Å²) in [6.45, 7) is 5.94. The van der Waals surface area contributed by atoms with E-state index in [-0.39, 0.29) is 17.6 Å². The van der Waals surface area contributed by atoms with Gasteiger partial charge in [-0.1, -0.05) is 27.2 Å². The molecule has 4 heteroatoms. The van der Waals surface area contributed by atoms with E-state index in [2.05, 4.69) is 5.32 Å². The summed E-state index contributed by atoms with van der Waals surface area (Å²) in [7, 11) is 1.58. The molecule has 1 N–H and O–H groups in total. The second-order valence-electron chi connectivity index (χ2n) is 5.49. The Kier molecular flexibility index (Phi) is 6.92. The van der Waals surface area contributed by atoms with E-state index in [0.29, 0.717) is 17.7 Å². The quantitative estimate of drug-likeness (QED) is 0.800. The van der Waals surface area contributed by atoms with Gasteiger partial charge in [-0.2, -0.15) is 0 Å². The highest BCUT2D eigenvalue weighted by molar-refractivity contribution is 5.98. The maximum Gasteiger partial charge on any atom is 0.251 e. The van der Waals surface area contributed by atoms with Gasteiger partial charge >= 0.3 is 0 Å². The molecule has 21 heavy (non-hydrogen) atoms. The maximum atomic E-state index is 12.2. The van der Waals surface area contributed by atoms with E-state index >= 15 is 0 Å². The Morgan fingerprint density at radius 1 is 1.19 bits per heavy atom. The predicted octanol–water partition coefficient (Wildman–Crippen LogP) is 3.21. The highest BCUT2D eigenvalue weighted by atomic mass is 16.5. The van der Waals surface area contributed by atoms with E-state index < -0.39 is 6.04 Å². The minimum absolute atomic E-state index is 0.0801. The van der Waals surface area contributed by atoms with Crippen molar-refractivity contribution >= 4 is 11.7 Å². The molecule has 0 heterocycles. The normalized spacial score (nSPS) is 12.0. The van der Waals surface area contributed by atoms with E-state index in [9.17, 15) is 9.59 Å². The molecule has 0 radical (unpaired) electrons. The van der Waals surface area contributed by atoms with Crippen LogP contribution in [0.1, 0.15) is 50.4 Å². The van der Waals surface area contributed by atoms with Crippen LogP contribution in [0, 0.1) is 5.92 Å². The van der Waals surface area contributed by atoms with Gasteiger partial charge in [-0.05, 0) is 36.6 Å². The average Bonchev–Trinajstić information content (AvgIpc) is 2.49. The first-order chi connectivity index (χ1) is 9.99. The Labute approximate surface area is 126 Å². The van der Waals surface area contributed by atoms with Gasteiger partial charge < -0.3 is 10.1 Å². The van der Waals surface area contributed by atoms with Crippen LogP contribution < -0.4 is 10.1 Å². The molecule has 1 amide bonds. The molecular weight excluding hydrogens is 266 g/mol. The lowest BCUT2D eigenvalue weighted by molar-refractivity contribution is -0.121. The van der Waals surface area contributed by atoms with Gasteiger partial charge in [0.1, 0.15) is 5.75 Å². The smallest absolute Gasteiger partial charge is 0.251 e. The van der Waals surface area contributed by atoms with Gasteiger partial charge in [0.25, 0.3) is 5.91 Å². The van der Waals surface area contributed by atoms with Crippen LogP contribution in [0.2, 0.25) is 0 Å². The number of amides is 1. The Morgan fingerprint density at radius 3 is 2.29 bits per heavy atom. The van der Waals surface area contributed by atoms with Gasteiger partial charge in [-0.15, -0.1) is 0 Å². The number of ether oxygens (including phenoxy) is 1. The van der Waals surface area contributed by atoms with Crippen molar-refractivity contribution in [2.24, 2.45) is 5.92 Å². The van der Waals surface area contributed by atoms with Gasteiger partial charge in [0, 0.05) is 12.0 Å². The number of nitrogens with one attached hydrogen (secondary N) is 1. The first-order valence-electron chi connectivity index (χ1n) is 7.47. The zero-order valence-corrected chi connectivity index (χ0v) is 13.3. The summed E-state index contributed by atoms with van der Waals surface area (Å²) in [4.78, 5) is 24.4. The summed E-state index contributed by atoms with van der Waals surface area (Å²) in [5.74, 6) is 0.664. The van der Waals surface area contributed by atoms with E-state index in [1.54, 1.807) is 31.4 Å². The molecule has 0 fully saturated rings. The van der Waals surface area contributed by atoms with Crippen molar-refractivity contribution in [3.05, 3.63) is 29.8 Å². The highest BCUT2D eigenvalue weighted by Gasteiger charge is 2.23. The predicted molar refractivity (Wildman–Crippen MR) is 83.6 cm³/mol. The second kappa shape index (κ2) is 8.45. The zero-order chi connectivity index (χ0) is 15.8. The molecule has 116 valence electrons. The van der Waals surface area contributed by atoms with E-state index in [4.69, 9.17) is 4.74 Å². The SMILES string of the molecule is CCCCC(=O)C(NC(=O)c1ccc(OC)cc1)C(C)C. The topological polar surface area (TPSA) is 55.4 Å². The molecule has 1 aromatic carbocycles. The van der Waals surface area contributed by atoms with E-state index in [1.165, 1.54) is 0 Å². The number of ketones is 1. The summed E-state index contributed by atoms with van der Waals surface area (Å²) in [6.07, 6.45) is 2.35. The summed E-state index contributed by atoms with van der Waals surface area (Å²) in [5.41, 5.74) is 0.532. The number of benzene rings is 1. The third-order valence-electron chi connectivity index (χ3n) is 3.43. The van der Waals surface area contributed by atoms with Crippen LogP contribution in [-0.4, -0.2) is 24.8 Å². The zero-order valence-electron chi connectivity index (χ0n) is 13.3. The van der Waals surface area contributed by atoms with Gasteiger partial charge in [-0.3, -0.25) is 9.59 Å². The molecule has 1 atom stereocenters. The molecule has 0 spiro atoms. The number of carbonyl (C=O) groups is 2. The number of hydrogen-bond acceptors (Lipinski definition) is 3. The Hall–Kier alpha value is -1.84. The average molecular weight is 291 g/mol. The molecule has 0 aliphatic rings. The standard InChI is InChI=1S/C17H25NO3/c1-5-6-7-15(19)16(12(2)3)18-17(20)13-8-10-14(21-4)11-9-13/h8-12,16H,5-7H2,1-4H3,(H,18,20). The summed E-state index contributed by atoms with van der Waals surface area (Å²) in [5, 5.41) is 2.85. The summed E-state index contributed by atoms with van der Waals surface area (Å²) >= 11 is 0. The number of carbonyl (C=O) groups excluding carboxylic acids is 2. The molecule has 0 saturated carbocycles. The van der Waals surface area contributed by atoms with Crippen LogP contribution in [-0.2, 0) is 4.79 Å². The van der Waals surface area contributed by atoms with Gasteiger partial charge in [-0.25, -0.2) is 0 Å². The van der Waals surface area contributed by atoms with Crippen LogP contribution in [0.15, 0.2) is 24.3 Å². The number of hydrogen-bond donors (Lipinski definition) is 1. The highest BCUT2D eigenvalue weighted by Crippen LogP contribution is 2.13. The van der Waals surface area contributed by atoms with Crippen molar-refractivity contribution in [1.29, 1.82) is 0 Å². The first-order valence-corrected chi connectivity index (χ1v) is 7.47. The van der Waals surface area contributed by atoms with Gasteiger partial charge in [0.15, 0.2) is 5.78 Å². The van der Waals surface area contributed by atoms with Crippen molar-refractivity contribution in [2.75, 3.05) is 7.11 Å². The van der Waals surface area contributed by atoms with Crippen molar-refractivity contribution in [1.82, 2.24) is 5.32 Å². The first kappa shape index (κ1) is 17.2. The molecule has 1 rings (SSSR count). The molecule has 1 unspecified atom stereocenters. The van der Waals surface area contributed by atoms with Crippen molar-refractivity contribution in [3.8, 4) is 5.75 Å². The lowest BCUT2D eigenvalue weighted by Crippen LogP contribution is -2.44. The Balaban J connectivity index is 2.73. The van der Waals surface area contributed by atoms with Crippen LogP contribution in [0.3, 0.4) is 0 Å². The van der Waals surface area contributed by atoms with Crippen LogP contribution in [0.25, 0.3) is 0 Å². The number of rotatable bonds is 8. The minimum Gasteiger partial charge on any atom is -0.497 e. The fraction of sp³-hybridized carbons (Fsp3) is 0.529. The second-order valence-corrected chi connectivity index (χ2v) is 5.49. The lowest BCUT2D eigenvalue weighted by Gasteiger charge is -2.21. The van der Waals surface area contributed by atoms with Crippen LogP contribution in [0.4, 0.5) is 0 Å². The number of methoxy groups -OCH3 is 1. The minimum atomic E-state index is -0.425. The third-order valence-corrected chi connectivity index (χ3v) is 3.43. The van der Waals surface area contributed by atoms with Gasteiger partial charge in [0.05, 0.1) is 13.2 Å². The molecule has 0 aliphatic carbocycles. The largest absolute Gasteiger partial charge is 0.497 e. The molecule has 0 aromatic heterocycles. The van der Waals surface area contributed by atoms with E-state index in [1.807, 2.05) is 20.8 Å². The fourth-order valence-electron chi connectivity index (χ4n) is 2.09.